The molecule has 1 saturated heterocycles. The Kier molecular flexibility index (Phi) is 6.99. The van der Waals surface area contributed by atoms with E-state index in [1.807, 2.05) is 22.9 Å². The van der Waals surface area contributed by atoms with Crippen molar-refractivity contribution in [2.45, 2.75) is 37.9 Å². The van der Waals surface area contributed by atoms with Gasteiger partial charge in [-0.3, -0.25) is 4.79 Å². The van der Waals surface area contributed by atoms with E-state index in [1.165, 1.54) is 12.1 Å². The van der Waals surface area contributed by atoms with Crippen molar-refractivity contribution in [2.75, 3.05) is 31.7 Å². The topological polar surface area (TPSA) is 92.5 Å². The third-order valence-electron chi connectivity index (χ3n) is 6.50. The second-order valence-electron chi connectivity index (χ2n) is 8.86. The highest BCUT2D eigenvalue weighted by molar-refractivity contribution is 6.30. The van der Waals surface area contributed by atoms with E-state index in [9.17, 15) is 14.3 Å². The molecule has 1 fully saturated rings. The minimum atomic E-state index is -0.699. The summed E-state index contributed by atoms with van der Waals surface area (Å²) in [5.74, 6) is -0.192. The first-order valence-corrected chi connectivity index (χ1v) is 12.2. The summed E-state index contributed by atoms with van der Waals surface area (Å²) in [5.41, 5.74) is 2.48. The molecule has 10 heteroatoms. The average molecular weight is 500 g/mol. The second kappa shape index (κ2) is 10.3. The van der Waals surface area contributed by atoms with Gasteiger partial charge in [-0.1, -0.05) is 11.6 Å². The Morgan fingerprint density at radius 2 is 2.06 bits per heavy atom. The molecule has 1 amide bonds. The summed E-state index contributed by atoms with van der Waals surface area (Å²) in [7, 11) is 0. The maximum atomic E-state index is 14.0. The fourth-order valence-electron chi connectivity index (χ4n) is 4.74. The van der Waals surface area contributed by atoms with Crippen LogP contribution in [-0.4, -0.2) is 62.9 Å². The van der Waals surface area contributed by atoms with Gasteiger partial charge in [-0.25, -0.2) is 14.4 Å². The molecule has 1 aromatic carbocycles. The van der Waals surface area contributed by atoms with Crippen LogP contribution in [0, 0.1) is 5.82 Å². The molecule has 2 aliphatic heterocycles. The van der Waals surface area contributed by atoms with Crippen LogP contribution in [0.25, 0.3) is 11.3 Å². The smallest absolute Gasteiger partial charge is 0.271 e. The number of fused-ring (bicyclic) bond motifs is 1. The Bertz CT molecular complexity index is 1190. The average Bonchev–Trinajstić information content (AvgIpc) is 3.21. The molecule has 0 radical (unpaired) electrons. The third kappa shape index (κ3) is 5.17. The largest absolute Gasteiger partial charge is 0.394 e. The number of anilines is 1. The summed E-state index contributed by atoms with van der Waals surface area (Å²) in [6.45, 7) is 2.17. The molecular weight excluding hydrogens is 473 g/mol. The molecule has 0 bridgehead atoms. The van der Waals surface area contributed by atoms with E-state index >= 15 is 0 Å². The molecule has 8 nitrogen and oxygen atoms in total. The van der Waals surface area contributed by atoms with Crippen LogP contribution in [0.1, 0.15) is 41.4 Å². The van der Waals surface area contributed by atoms with Gasteiger partial charge >= 0.3 is 0 Å². The summed E-state index contributed by atoms with van der Waals surface area (Å²) in [5, 5.41) is 13.7. The van der Waals surface area contributed by atoms with Crippen LogP contribution in [-0.2, 0) is 11.3 Å². The fourth-order valence-corrected chi connectivity index (χ4v) is 4.97. The van der Waals surface area contributed by atoms with Crippen molar-refractivity contribution < 1.29 is 19.0 Å². The molecule has 2 aromatic heterocycles. The molecule has 35 heavy (non-hydrogen) atoms. The van der Waals surface area contributed by atoms with E-state index in [0.29, 0.717) is 42.4 Å². The van der Waals surface area contributed by atoms with Crippen LogP contribution in [0.2, 0.25) is 5.02 Å². The number of ether oxygens (including phenoxy) is 1. The lowest BCUT2D eigenvalue weighted by atomic mass is 10.0. The zero-order chi connectivity index (χ0) is 24.4. The zero-order valence-electron chi connectivity index (χ0n) is 19.2. The number of amides is 1. The highest BCUT2D eigenvalue weighted by Crippen LogP contribution is 2.30. The van der Waals surface area contributed by atoms with Gasteiger partial charge in [0.05, 0.1) is 18.3 Å². The zero-order valence-corrected chi connectivity index (χ0v) is 19.9. The van der Waals surface area contributed by atoms with Gasteiger partial charge in [0, 0.05) is 55.3 Å². The molecule has 5 rings (SSSR count). The molecule has 3 aromatic rings. The lowest BCUT2D eigenvalue weighted by Crippen LogP contribution is -2.37. The van der Waals surface area contributed by atoms with Crippen molar-refractivity contribution in [3.8, 4) is 11.3 Å². The van der Waals surface area contributed by atoms with E-state index < -0.39 is 11.9 Å². The molecule has 184 valence electrons. The molecule has 0 unspecified atom stereocenters. The Hall–Kier alpha value is -3.01. The first-order valence-electron chi connectivity index (χ1n) is 11.8. The van der Waals surface area contributed by atoms with Crippen molar-refractivity contribution >= 4 is 23.5 Å². The summed E-state index contributed by atoms with van der Waals surface area (Å²) >= 11 is 6.03. The van der Waals surface area contributed by atoms with Crippen LogP contribution in [0.5, 0.6) is 0 Å². The quantitative estimate of drug-likeness (QED) is 0.534. The van der Waals surface area contributed by atoms with E-state index in [-0.39, 0.29) is 23.6 Å². The minimum absolute atomic E-state index is 0.223. The van der Waals surface area contributed by atoms with Gasteiger partial charge < -0.3 is 24.6 Å². The van der Waals surface area contributed by atoms with Crippen molar-refractivity contribution in [3.63, 3.8) is 0 Å². The van der Waals surface area contributed by atoms with Crippen molar-refractivity contribution in [1.29, 1.82) is 0 Å². The summed E-state index contributed by atoms with van der Waals surface area (Å²) in [4.78, 5) is 24.2. The fraction of sp³-hybridized carbons (Fsp3) is 0.400. The molecule has 2 N–H and O–H groups in total. The van der Waals surface area contributed by atoms with E-state index in [0.717, 1.165) is 31.6 Å². The lowest BCUT2D eigenvalue weighted by Gasteiger charge is -2.29. The summed E-state index contributed by atoms with van der Waals surface area (Å²) in [6.07, 6.45) is 6.12. The normalized spacial score (nSPS) is 17.7. The number of aryl methyl sites for hydroxylation is 1. The molecule has 1 atom stereocenters. The third-order valence-corrected chi connectivity index (χ3v) is 6.72. The maximum Gasteiger partial charge on any atom is 0.271 e. The number of carbonyl (C=O) groups excluding carboxylic acids is 1. The Morgan fingerprint density at radius 3 is 2.83 bits per heavy atom. The molecular formula is C25H27ClFN5O3. The first kappa shape index (κ1) is 23.7. The number of benzene rings is 1. The number of nitrogens with zero attached hydrogens (tertiary/aromatic N) is 4. The minimum Gasteiger partial charge on any atom is -0.394 e. The van der Waals surface area contributed by atoms with Gasteiger partial charge in [-0.05, 0) is 55.2 Å². The molecule has 0 aliphatic carbocycles. The lowest BCUT2D eigenvalue weighted by molar-refractivity contribution is 0.0594. The van der Waals surface area contributed by atoms with Gasteiger partial charge in [0.25, 0.3) is 5.91 Å². The number of halogens is 2. The summed E-state index contributed by atoms with van der Waals surface area (Å²) in [6, 6.07) is 7.30. The standard InChI is InChI=1S/C25H27ClFN5O3/c26-18-10-16(11-19(27)13-18)23(15-33)32-7-1-6-31-14-17(12-22(31)24(32)34)21-2-5-28-25(30-21)29-20-3-8-35-9-4-20/h2,5,10-14,20,23,33H,1,3-4,6-9,15H2,(H,28,29,30)/t23-/m1/s1. The Balaban J connectivity index is 1.41. The number of hydrogen-bond acceptors (Lipinski definition) is 6. The van der Waals surface area contributed by atoms with Crippen LogP contribution >= 0.6 is 11.6 Å². The van der Waals surface area contributed by atoms with E-state index in [4.69, 9.17) is 16.3 Å². The predicted octanol–water partition coefficient (Wildman–Crippen LogP) is 3.91. The van der Waals surface area contributed by atoms with E-state index in [1.54, 1.807) is 17.2 Å². The monoisotopic (exact) mass is 499 g/mol. The van der Waals surface area contributed by atoms with Crippen LogP contribution < -0.4 is 5.32 Å². The summed E-state index contributed by atoms with van der Waals surface area (Å²) < 4.78 is 21.3. The number of rotatable bonds is 6. The first-order chi connectivity index (χ1) is 17.0. The number of hydrogen-bond donors (Lipinski definition) is 2. The van der Waals surface area contributed by atoms with Crippen LogP contribution in [0.4, 0.5) is 10.3 Å². The maximum absolute atomic E-state index is 14.0. The Labute approximate surface area is 207 Å². The van der Waals surface area contributed by atoms with Crippen LogP contribution in [0.15, 0.2) is 42.7 Å². The van der Waals surface area contributed by atoms with Gasteiger partial charge in [-0.15, -0.1) is 0 Å². The van der Waals surface area contributed by atoms with Crippen LogP contribution in [0.3, 0.4) is 0 Å². The van der Waals surface area contributed by atoms with Crippen molar-refractivity contribution in [2.24, 2.45) is 0 Å². The number of aliphatic hydroxyl groups excluding tert-OH is 1. The number of nitrogens with one attached hydrogen (secondary N) is 1. The molecule has 0 spiro atoms. The molecule has 0 saturated carbocycles. The van der Waals surface area contributed by atoms with Gasteiger partial charge in [0.1, 0.15) is 11.5 Å². The second-order valence-corrected chi connectivity index (χ2v) is 9.29. The number of aromatic nitrogens is 3. The molecule has 2 aliphatic rings. The highest BCUT2D eigenvalue weighted by Gasteiger charge is 2.30. The van der Waals surface area contributed by atoms with E-state index in [2.05, 4.69) is 15.3 Å². The molecule has 4 heterocycles. The van der Waals surface area contributed by atoms with Crippen molar-refractivity contribution in [3.05, 3.63) is 64.8 Å². The highest BCUT2D eigenvalue weighted by atomic mass is 35.5. The van der Waals surface area contributed by atoms with Crippen molar-refractivity contribution in [1.82, 2.24) is 19.4 Å². The van der Waals surface area contributed by atoms with Gasteiger partial charge in [-0.2, -0.15) is 0 Å². The number of aliphatic hydroxyl groups is 1. The number of carbonyl (C=O) groups is 1. The van der Waals surface area contributed by atoms with Gasteiger partial charge in [0.2, 0.25) is 5.95 Å². The Morgan fingerprint density at radius 1 is 1.23 bits per heavy atom. The predicted molar refractivity (Wildman–Crippen MR) is 130 cm³/mol. The SMILES string of the molecule is O=C1c2cc(-c3ccnc(NC4CCOCC4)n3)cn2CCCN1[C@H](CO)c1cc(F)cc(Cl)c1. The van der Waals surface area contributed by atoms with Gasteiger partial charge in [0.15, 0.2) is 0 Å².